The average molecular weight is 341 g/mol. The molecule has 1 aliphatic carbocycles. The van der Waals surface area contributed by atoms with Crippen LogP contribution in [0.15, 0.2) is 36.5 Å². The molecule has 5 heteroatoms. The van der Waals surface area contributed by atoms with E-state index < -0.39 is 0 Å². The highest BCUT2D eigenvalue weighted by Crippen LogP contribution is 2.27. The Morgan fingerprint density at radius 3 is 2.80 bits per heavy atom. The van der Waals surface area contributed by atoms with Gasteiger partial charge in [0.25, 0.3) is 5.91 Å². The van der Waals surface area contributed by atoms with Gasteiger partial charge < -0.3 is 10.4 Å². The summed E-state index contributed by atoms with van der Waals surface area (Å²) in [4.78, 5) is 12.6. The predicted octanol–water partition coefficient (Wildman–Crippen LogP) is 3.15. The summed E-state index contributed by atoms with van der Waals surface area (Å²) in [6.07, 6.45) is 7.72. The molecular formula is C20H27N3O2. The van der Waals surface area contributed by atoms with Crippen LogP contribution in [0.5, 0.6) is 0 Å². The number of nitrogens with one attached hydrogen (secondary N) is 1. The summed E-state index contributed by atoms with van der Waals surface area (Å²) in [5.74, 6) is 0.306. The van der Waals surface area contributed by atoms with Gasteiger partial charge in [0.05, 0.1) is 23.6 Å². The zero-order valence-corrected chi connectivity index (χ0v) is 14.8. The molecule has 2 N–H and O–H groups in total. The van der Waals surface area contributed by atoms with Crippen LogP contribution in [0.3, 0.4) is 0 Å². The Morgan fingerprint density at radius 2 is 2.04 bits per heavy atom. The summed E-state index contributed by atoms with van der Waals surface area (Å²) in [7, 11) is 1.85. The minimum atomic E-state index is -0.160. The van der Waals surface area contributed by atoms with E-state index in [9.17, 15) is 9.90 Å². The second kappa shape index (κ2) is 8.30. The van der Waals surface area contributed by atoms with Crippen LogP contribution < -0.4 is 5.32 Å². The first-order valence-corrected chi connectivity index (χ1v) is 9.20. The monoisotopic (exact) mass is 341 g/mol. The minimum Gasteiger partial charge on any atom is -0.393 e. The molecule has 1 heterocycles. The molecule has 0 spiro atoms. The second-order valence-corrected chi connectivity index (χ2v) is 6.91. The quantitative estimate of drug-likeness (QED) is 0.793. The van der Waals surface area contributed by atoms with Crippen molar-refractivity contribution < 1.29 is 9.90 Å². The molecule has 2 aromatic rings. The minimum absolute atomic E-state index is 0.0869. The highest BCUT2D eigenvalue weighted by Gasteiger charge is 2.22. The van der Waals surface area contributed by atoms with Crippen LogP contribution in [0.1, 0.15) is 48.9 Å². The van der Waals surface area contributed by atoms with Crippen LogP contribution in [0.2, 0.25) is 0 Å². The van der Waals surface area contributed by atoms with E-state index in [1.54, 1.807) is 10.9 Å². The lowest BCUT2D eigenvalue weighted by molar-refractivity contribution is 0.0641. The largest absolute Gasteiger partial charge is 0.393 e. The topological polar surface area (TPSA) is 67.2 Å². The number of aliphatic hydroxyl groups is 1. The van der Waals surface area contributed by atoms with Crippen molar-refractivity contribution in [2.45, 2.75) is 44.6 Å². The third kappa shape index (κ3) is 4.28. The van der Waals surface area contributed by atoms with Crippen molar-refractivity contribution in [1.82, 2.24) is 15.1 Å². The molecule has 25 heavy (non-hydrogen) atoms. The standard InChI is InChI=1S/C20H27N3O2/c1-23-19(16-9-3-2-4-10-16)17(14-22-23)20(25)21-13-7-11-15-8-5-6-12-18(15)24/h2-4,9-10,14-15,18,24H,5-8,11-13H2,1H3,(H,21,25)/t15-,18+/m1/s1. The first-order chi connectivity index (χ1) is 12.2. The van der Waals surface area contributed by atoms with Gasteiger partial charge in [-0.2, -0.15) is 5.10 Å². The Kier molecular flexibility index (Phi) is 5.87. The molecule has 0 bridgehead atoms. The van der Waals surface area contributed by atoms with Gasteiger partial charge in [0, 0.05) is 19.2 Å². The SMILES string of the molecule is Cn1ncc(C(=O)NCCC[C@H]2CCCC[C@@H]2O)c1-c1ccccc1. The van der Waals surface area contributed by atoms with Crippen molar-refractivity contribution in [3.63, 3.8) is 0 Å². The van der Waals surface area contributed by atoms with E-state index in [4.69, 9.17) is 0 Å². The number of carbonyl (C=O) groups is 1. The van der Waals surface area contributed by atoms with Crippen molar-refractivity contribution >= 4 is 5.91 Å². The van der Waals surface area contributed by atoms with E-state index in [2.05, 4.69) is 10.4 Å². The molecule has 134 valence electrons. The fourth-order valence-corrected chi connectivity index (χ4v) is 3.73. The molecule has 0 saturated heterocycles. The van der Waals surface area contributed by atoms with Gasteiger partial charge in [-0.3, -0.25) is 9.48 Å². The number of aliphatic hydroxyl groups excluding tert-OH is 1. The van der Waals surface area contributed by atoms with Crippen molar-refractivity contribution in [3.05, 3.63) is 42.1 Å². The average Bonchev–Trinajstić information content (AvgIpc) is 3.02. The fourth-order valence-electron chi connectivity index (χ4n) is 3.73. The summed E-state index contributed by atoms with van der Waals surface area (Å²) in [6.45, 7) is 0.630. The Bertz CT molecular complexity index is 696. The third-order valence-corrected chi connectivity index (χ3v) is 5.14. The summed E-state index contributed by atoms with van der Waals surface area (Å²) >= 11 is 0. The van der Waals surface area contributed by atoms with Gasteiger partial charge in [-0.15, -0.1) is 0 Å². The smallest absolute Gasteiger partial charge is 0.255 e. The predicted molar refractivity (Wildman–Crippen MR) is 98.2 cm³/mol. The van der Waals surface area contributed by atoms with Gasteiger partial charge in [0.2, 0.25) is 0 Å². The number of aromatic nitrogens is 2. The molecule has 1 fully saturated rings. The van der Waals surface area contributed by atoms with Crippen molar-refractivity contribution in [1.29, 1.82) is 0 Å². The molecule has 2 atom stereocenters. The number of hydrogen-bond acceptors (Lipinski definition) is 3. The number of carbonyl (C=O) groups excluding carboxylic acids is 1. The molecule has 0 aliphatic heterocycles. The maximum absolute atomic E-state index is 12.6. The Labute approximate surface area is 149 Å². The van der Waals surface area contributed by atoms with E-state index in [1.807, 2.05) is 37.4 Å². The van der Waals surface area contributed by atoms with E-state index in [1.165, 1.54) is 6.42 Å². The van der Waals surface area contributed by atoms with Crippen molar-refractivity contribution in [2.75, 3.05) is 6.54 Å². The fraction of sp³-hybridized carbons (Fsp3) is 0.500. The van der Waals surface area contributed by atoms with Crippen LogP contribution in [0.4, 0.5) is 0 Å². The van der Waals surface area contributed by atoms with Crippen LogP contribution >= 0.6 is 0 Å². The summed E-state index contributed by atoms with van der Waals surface area (Å²) in [5, 5.41) is 17.3. The number of nitrogens with zero attached hydrogens (tertiary/aromatic N) is 2. The zero-order valence-electron chi connectivity index (χ0n) is 14.8. The summed E-state index contributed by atoms with van der Waals surface area (Å²) in [5.41, 5.74) is 2.42. The number of benzene rings is 1. The molecule has 1 amide bonds. The van der Waals surface area contributed by atoms with Gasteiger partial charge >= 0.3 is 0 Å². The first kappa shape index (κ1) is 17.7. The van der Waals surface area contributed by atoms with Gasteiger partial charge in [-0.05, 0) is 31.6 Å². The van der Waals surface area contributed by atoms with E-state index in [0.717, 1.165) is 43.4 Å². The Balaban J connectivity index is 1.55. The second-order valence-electron chi connectivity index (χ2n) is 6.91. The molecule has 0 unspecified atom stereocenters. The normalized spacial score (nSPS) is 20.4. The zero-order chi connectivity index (χ0) is 17.6. The molecule has 1 aromatic carbocycles. The maximum Gasteiger partial charge on any atom is 0.255 e. The van der Waals surface area contributed by atoms with Crippen LogP contribution in [0, 0.1) is 5.92 Å². The van der Waals surface area contributed by atoms with E-state index in [0.29, 0.717) is 18.0 Å². The van der Waals surface area contributed by atoms with E-state index >= 15 is 0 Å². The lowest BCUT2D eigenvalue weighted by Crippen LogP contribution is -2.28. The summed E-state index contributed by atoms with van der Waals surface area (Å²) in [6, 6.07) is 9.84. The molecular weight excluding hydrogens is 314 g/mol. The molecule has 1 saturated carbocycles. The van der Waals surface area contributed by atoms with Crippen molar-refractivity contribution in [3.8, 4) is 11.3 Å². The Hall–Kier alpha value is -2.14. The number of amides is 1. The van der Waals surface area contributed by atoms with Gasteiger partial charge in [0.15, 0.2) is 0 Å². The van der Waals surface area contributed by atoms with Crippen LogP contribution in [-0.2, 0) is 7.05 Å². The number of rotatable bonds is 6. The lowest BCUT2D eigenvalue weighted by Gasteiger charge is -2.27. The first-order valence-electron chi connectivity index (χ1n) is 9.20. The molecule has 3 rings (SSSR count). The number of hydrogen-bond donors (Lipinski definition) is 2. The highest BCUT2D eigenvalue weighted by atomic mass is 16.3. The van der Waals surface area contributed by atoms with Crippen LogP contribution in [0.25, 0.3) is 11.3 Å². The van der Waals surface area contributed by atoms with Gasteiger partial charge in [0.1, 0.15) is 0 Å². The van der Waals surface area contributed by atoms with Gasteiger partial charge in [-0.1, -0.05) is 43.2 Å². The molecule has 5 nitrogen and oxygen atoms in total. The Morgan fingerprint density at radius 1 is 1.28 bits per heavy atom. The van der Waals surface area contributed by atoms with Crippen LogP contribution in [-0.4, -0.2) is 33.4 Å². The molecule has 0 radical (unpaired) electrons. The van der Waals surface area contributed by atoms with E-state index in [-0.39, 0.29) is 12.0 Å². The molecule has 1 aliphatic rings. The third-order valence-electron chi connectivity index (χ3n) is 5.14. The maximum atomic E-state index is 12.6. The molecule has 1 aromatic heterocycles. The summed E-state index contributed by atoms with van der Waals surface area (Å²) < 4.78 is 1.74. The highest BCUT2D eigenvalue weighted by molar-refractivity contribution is 5.99. The lowest BCUT2D eigenvalue weighted by atomic mass is 9.83. The van der Waals surface area contributed by atoms with Gasteiger partial charge in [-0.25, -0.2) is 0 Å². The van der Waals surface area contributed by atoms with Crippen molar-refractivity contribution in [2.24, 2.45) is 13.0 Å². The number of aryl methyl sites for hydroxylation is 1.